The summed E-state index contributed by atoms with van der Waals surface area (Å²) in [5, 5.41) is 0. The normalized spacial score (nSPS) is 11.6. The highest BCUT2D eigenvalue weighted by Crippen LogP contribution is 2.29. The molecule has 6 heteroatoms. The van der Waals surface area contributed by atoms with E-state index in [1.807, 2.05) is 0 Å². The van der Waals surface area contributed by atoms with E-state index in [-0.39, 0.29) is 15.9 Å². The summed E-state index contributed by atoms with van der Waals surface area (Å²) in [4.78, 5) is 11.5. The molecule has 3 nitrogen and oxygen atoms in total. The molecule has 0 aliphatic carbocycles. The van der Waals surface area contributed by atoms with Gasteiger partial charge in [-0.2, -0.15) is 0 Å². The maximum absolute atomic E-state index is 12.9. The Kier molecular flexibility index (Phi) is 3.09. The summed E-state index contributed by atoms with van der Waals surface area (Å²) in [7, 11) is 0. The summed E-state index contributed by atoms with van der Waals surface area (Å²) in [6, 6.07) is 8.35. The molecule has 0 fully saturated rings. The summed E-state index contributed by atoms with van der Waals surface area (Å²) in [6.07, 6.45) is -4.79. The quantitative estimate of drug-likeness (QED) is 0.864. The first-order chi connectivity index (χ1) is 8.79. The van der Waals surface area contributed by atoms with Crippen LogP contribution in [0.3, 0.4) is 0 Å². The molecule has 1 heterocycles. The maximum Gasteiger partial charge on any atom is 0.491 e. The zero-order valence-corrected chi connectivity index (χ0v) is 10.0. The van der Waals surface area contributed by atoms with Crippen LogP contribution in [-0.4, -0.2) is 4.57 Å². The topological polar surface area (TPSA) is 48.0 Å². The largest absolute Gasteiger partial charge is 0.491 e. The minimum Gasteiger partial charge on any atom is -0.399 e. The fourth-order valence-electron chi connectivity index (χ4n) is 1.87. The first-order valence-corrected chi connectivity index (χ1v) is 5.46. The van der Waals surface area contributed by atoms with Crippen molar-refractivity contribution >= 4 is 5.69 Å². The molecule has 0 bridgehead atoms. The number of aryl methyl sites for hydroxylation is 1. The summed E-state index contributed by atoms with van der Waals surface area (Å²) >= 11 is 0. The molecule has 0 unspecified atom stereocenters. The number of alkyl halides is 3. The lowest BCUT2D eigenvalue weighted by Crippen LogP contribution is -2.31. The van der Waals surface area contributed by atoms with Gasteiger partial charge in [-0.15, -0.1) is 13.2 Å². The zero-order valence-electron chi connectivity index (χ0n) is 10.0. The van der Waals surface area contributed by atoms with E-state index in [9.17, 15) is 18.0 Å². The molecule has 0 aliphatic rings. The van der Waals surface area contributed by atoms with Crippen molar-refractivity contribution in [3.8, 4) is 11.3 Å². The Balaban J connectivity index is 2.79. The van der Waals surface area contributed by atoms with Crippen molar-refractivity contribution in [3.63, 3.8) is 0 Å². The van der Waals surface area contributed by atoms with Gasteiger partial charge in [-0.3, -0.25) is 4.79 Å². The lowest BCUT2D eigenvalue weighted by atomic mass is 10.1. The number of aromatic nitrogens is 1. The van der Waals surface area contributed by atoms with E-state index in [2.05, 4.69) is 0 Å². The van der Waals surface area contributed by atoms with Crippen LogP contribution >= 0.6 is 0 Å². The summed E-state index contributed by atoms with van der Waals surface area (Å²) in [6.45, 7) is 1.76. The van der Waals surface area contributed by atoms with E-state index in [0.29, 0.717) is 5.56 Å². The Morgan fingerprint density at radius 2 is 1.84 bits per heavy atom. The third kappa shape index (κ3) is 2.62. The number of nitrogen functional groups attached to an aromatic ring is 1. The van der Waals surface area contributed by atoms with Crippen molar-refractivity contribution in [1.82, 2.24) is 4.57 Å². The van der Waals surface area contributed by atoms with E-state index in [1.54, 1.807) is 25.1 Å². The van der Waals surface area contributed by atoms with E-state index in [4.69, 9.17) is 5.73 Å². The van der Waals surface area contributed by atoms with Crippen LogP contribution in [0.2, 0.25) is 0 Å². The van der Waals surface area contributed by atoms with Crippen LogP contribution in [0, 0.1) is 6.92 Å². The molecule has 0 atom stereocenters. The molecule has 2 rings (SSSR count). The number of rotatable bonds is 1. The van der Waals surface area contributed by atoms with Crippen LogP contribution in [-0.2, 0) is 6.30 Å². The molecule has 0 saturated carbocycles. The number of anilines is 1. The number of nitrogens with two attached hydrogens (primary N) is 1. The number of nitrogens with zero attached hydrogens (tertiary/aromatic N) is 1. The average Bonchev–Trinajstić information content (AvgIpc) is 2.25. The van der Waals surface area contributed by atoms with Crippen LogP contribution in [0.5, 0.6) is 0 Å². The molecule has 0 aliphatic heterocycles. The fraction of sp³-hybridized carbons (Fsp3) is 0.154. The van der Waals surface area contributed by atoms with Crippen LogP contribution in [0.4, 0.5) is 18.9 Å². The van der Waals surface area contributed by atoms with Gasteiger partial charge in [-0.25, -0.2) is 4.57 Å². The second kappa shape index (κ2) is 4.46. The standard InChI is InChI=1S/C13H11F3N2O/c1-8-3-2-4-9(5-8)11-6-10(17)7-12(19)18(11)13(14,15)16/h2-7H,17H2,1H3. The second-order valence-corrected chi connectivity index (χ2v) is 4.18. The van der Waals surface area contributed by atoms with E-state index < -0.39 is 11.9 Å². The number of benzene rings is 1. The molecule has 0 radical (unpaired) electrons. The van der Waals surface area contributed by atoms with Crippen LogP contribution in [0.25, 0.3) is 11.3 Å². The van der Waals surface area contributed by atoms with Gasteiger partial charge in [0.2, 0.25) is 0 Å². The third-order valence-corrected chi connectivity index (χ3v) is 2.62. The SMILES string of the molecule is Cc1cccc(-c2cc(N)cc(=O)n2C(F)(F)F)c1. The molecule has 0 spiro atoms. The lowest BCUT2D eigenvalue weighted by Gasteiger charge is -2.16. The van der Waals surface area contributed by atoms with Gasteiger partial charge < -0.3 is 5.73 Å². The van der Waals surface area contributed by atoms with E-state index in [0.717, 1.165) is 17.7 Å². The minimum absolute atomic E-state index is 0.00186. The van der Waals surface area contributed by atoms with E-state index >= 15 is 0 Å². The molecule has 1 aromatic carbocycles. The maximum atomic E-state index is 12.9. The Bertz CT molecular complexity index is 674. The number of pyridine rings is 1. The van der Waals surface area contributed by atoms with Crippen molar-refractivity contribution in [2.45, 2.75) is 13.2 Å². The average molecular weight is 268 g/mol. The van der Waals surface area contributed by atoms with Crippen LogP contribution < -0.4 is 11.3 Å². The number of hydrogen-bond donors (Lipinski definition) is 1. The predicted molar refractivity (Wildman–Crippen MR) is 66.6 cm³/mol. The van der Waals surface area contributed by atoms with Crippen molar-refractivity contribution in [1.29, 1.82) is 0 Å². The number of hydrogen-bond acceptors (Lipinski definition) is 2. The highest BCUT2D eigenvalue weighted by Gasteiger charge is 2.34. The molecule has 1 aromatic heterocycles. The molecule has 0 saturated heterocycles. The third-order valence-electron chi connectivity index (χ3n) is 2.62. The number of halogens is 3. The molecule has 100 valence electrons. The van der Waals surface area contributed by atoms with Gasteiger partial charge in [-0.1, -0.05) is 23.8 Å². The summed E-state index contributed by atoms with van der Waals surface area (Å²) < 4.78 is 38.6. The molecule has 0 amide bonds. The zero-order chi connectivity index (χ0) is 14.2. The fourth-order valence-corrected chi connectivity index (χ4v) is 1.87. The second-order valence-electron chi connectivity index (χ2n) is 4.18. The van der Waals surface area contributed by atoms with Gasteiger partial charge in [0, 0.05) is 11.8 Å². The van der Waals surface area contributed by atoms with Crippen molar-refractivity contribution in [2.24, 2.45) is 0 Å². The Labute approximate surface area is 107 Å². The smallest absolute Gasteiger partial charge is 0.399 e. The van der Waals surface area contributed by atoms with Crippen molar-refractivity contribution in [2.75, 3.05) is 5.73 Å². The monoisotopic (exact) mass is 268 g/mol. The minimum atomic E-state index is -4.79. The van der Waals surface area contributed by atoms with E-state index in [1.165, 1.54) is 6.07 Å². The molecule has 19 heavy (non-hydrogen) atoms. The molecular weight excluding hydrogens is 257 g/mol. The molecule has 2 aromatic rings. The first-order valence-electron chi connectivity index (χ1n) is 5.46. The van der Waals surface area contributed by atoms with Crippen LogP contribution in [0.15, 0.2) is 41.2 Å². The van der Waals surface area contributed by atoms with Crippen LogP contribution in [0.1, 0.15) is 5.56 Å². The van der Waals surface area contributed by atoms with Gasteiger partial charge in [0.1, 0.15) is 0 Å². The van der Waals surface area contributed by atoms with Gasteiger partial charge in [-0.05, 0) is 24.6 Å². The van der Waals surface area contributed by atoms with Crippen molar-refractivity contribution in [3.05, 3.63) is 52.3 Å². The van der Waals surface area contributed by atoms with Gasteiger partial charge in [0.05, 0.1) is 5.69 Å². The first kappa shape index (κ1) is 13.2. The Hall–Kier alpha value is -2.24. The highest BCUT2D eigenvalue weighted by atomic mass is 19.4. The Morgan fingerprint density at radius 1 is 1.16 bits per heavy atom. The van der Waals surface area contributed by atoms with Gasteiger partial charge in [0.15, 0.2) is 0 Å². The predicted octanol–water partition coefficient (Wildman–Crippen LogP) is 2.88. The van der Waals surface area contributed by atoms with Crippen molar-refractivity contribution < 1.29 is 13.2 Å². The van der Waals surface area contributed by atoms with Gasteiger partial charge >= 0.3 is 6.30 Å². The van der Waals surface area contributed by atoms with Gasteiger partial charge in [0.25, 0.3) is 5.56 Å². The highest BCUT2D eigenvalue weighted by molar-refractivity contribution is 5.64. The summed E-state index contributed by atoms with van der Waals surface area (Å²) in [5.74, 6) is 0. The lowest BCUT2D eigenvalue weighted by molar-refractivity contribution is -0.204. The molecular formula is C13H11F3N2O. The summed E-state index contributed by atoms with van der Waals surface area (Å²) in [5.41, 5.74) is 5.10. The molecule has 2 N–H and O–H groups in total. The Morgan fingerprint density at radius 3 is 2.42 bits per heavy atom.